The molecule has 0 aromatic rings. The van der Waals surface area contributed by atoms with Crippen molar-refractivity contribution in [1.29, 1.82) is 0 Å². The molecule has 1 N–H and O–H groups in total. The van der Waals surface area contributed by atoms with Gasteiger partial charge in [-0.05, 0) is 26.2 Å². The van der Waals surface area contributed by atoms with Crippen molar-refractivity contribution in [3.63, 3.8) is 0 Å². The van der Waals surface area contributed by atoms with Crippen molar-refractivity contribution in [3.05, 3.63) is 0 Å². The molecule has 1 fully saturated rings. The van der Waals surface area contributed by atoms with E-state index in [1.54, 1.807) is 11.8 Å². The molecule has 4 nitrogen and oxygen atoms in total. The summed E-state index contributed by atoms with van der Waals surface area (Å²) in [5.41, 5.74) is -0.735. The molecule has 1 aliphatic rings. The van der Waals surface area contributed by atoms with Crippen molar-refractivity contribution < 1.29 is 9.59 Å². The normalized spacial score (nSPS) is 24.4. The fraction of sp³-hybridized carbons (Fsp3) is 0.692. The highest BCUT2D eigenvalue weighted by Crippen LogP contribution is 2.18. The third-order valence-electron chi connectivity index (χ3n) is 3.22. The van der Waals surface area contributed by atoms with E-state index in [1.165, 1.54) is 0 Å². The van der Waals surface area contributed by atoms with E-state index in [9.17, 15) is 9.59 Å². The standard InChI is InChI=1S/C13H20N2O2/c1-4-6-7-8-9-15-10-11(16)14-13(3,5-2)12(15)17/h1H,5-10H2,2-3H3,(H,14,16). The van der Waals surface area contributed by atoms with Crippen LogP contribution >= 0.6 is 0 Å². The van der Waals surface area contributed by atoms with Gasteiger partial charge in [0.15, 0.2) is 0 Å². The molecule has 1 rings (SSSR count). The summed E-state index contributed by atoms with van der Waals surface area (Å²) >= 11 is 0. The number of carbonyl (C=O) groups is 2. The van der Waals surface area contributed by atoms with Crippen molar-refractivity contribution in [2.45, 2.75) is 45.1 Å². The van der Waals surface area contributed by atoms with Crippen molar-refractivity contribution in [2.24, 2.45) is 0 Å². The Morgan fingerprint density at radius 2 is 2.18 bits per heavy atom. The molecule has 0 aromatic carbocycles. The molecule has 0 aromatic heterocycles. The summed E-state index contributed by atoms with van der Waals surface area (Å²) in [6.07, 6.45) is 8.24. The molecule has 17 heavy (non-hydrogen) atoms. The van der Waals surface area contributed by atoms with Gasteiger partial charge in [-0.3, -0.25) is 9.59 Å². The molecule has 1 unspecified atom stereocenters. The Morgan fingerprint density at radius 3 is 2.76 bits per heavy atom. The number of carbonyl (C=O) groups excluding carboxylic acids is 2. The Balaban J connectivity index is 2.57. The molecule has 1 saturated heterocycles. The summed E-state index contributed by atoms with van der Waals surface area (Å²) in [5, 5.41) is 2.76. The lowest BCUT2D eigenvalue weighted by Gasteiger charge is -2.39. The fourth-order valence-electron chi connectivity index (χ4n) is 1.94. The van der Waals surface area contributed by atoms with Crippen molar-refractivity contribution >= 4 is 11.8 Å². The monoisotopic (exact) mass is 236 g/mol. The van der Waals surface area contributed by atoms with Crippen LogP contribution in [-0.4, -0.2) is 35.3 Å². The molecule has 0 radical (unpaired) electrons. The van der Waals surface area contributed by atoms with Gasteiger partial charge in [-0.2, -0.15) is 0 Å². The third-order valence-corrected chi connectivity index (χ3v) is 3.22. The third kappa shape index (κ3) is 3.23. The van der Waals surface area contributed by atoms with Crippen LogP contribution < -0.4 is 5.32 Å². The minimum Gasteiger partial charge on any atom is -0.340 e. The van der Waals surface area contributed by atoms with Crippen molar-refractivity contribution in [3.8, 4) is 12.3 Å². The van der Waals surface area contributed by atoms with Crippen molar-refractivity contribution in [2.75, 3.05) is 13.1 Å². The van der Waals surface area contributed by atoms with Gasteiger partial charge in [-0.15, -0.1) is 12.3 Å². The summed E-state index contributed by atoms with van der Waals surface area (Å²) in [7, 11) is 0. The highest BCUT2D eigenvalue weighted by atomic mass is 16.2. The molecule has 1 aliphatic heterocycles. The second-order valence-electron chi connectivity index (χ2n) is 4.62. The van der Waals surface area contributed by atoms with Gasteiger partial charge in [-0.1, -0.05) is 6.92 Å². The number of hydrogen-bond donors (Lipinski definition) is 1. The highest BCUT2D eigenvalue weighted by Gasteiger charge is 2.40. The molecular formula is C13H20N2O2. The number of piperazine rings is 1. The summed E-state index contributed by atoms with van der Waals surface area (Å²) < 4.78 is 0. The lowest BCUT2D eigenvalue weighted by Crippen LogP contribution is -2.65. The maximum absolute atomic E-state index is 12.2. The molecule has 2 amide bonds. The number of unbranched alkanes of at least 4 members (excludes halogenated alkanes) is 2. The van der Waals surface area contributed by atoms with Crippen LogP contribution in [0.15, 0.2) is 0 Å². The Hall–Kier alpha value is -1.50. The largest absolute Gasteiger partial charge is 0.340 e. The first kappa shape index (κ1) is 13.6. The fourth-order valence-corrected chi connectivity index (χ4v) is 1.94. The Labute approximate surface area is 103 Å². The lowest BCUT2D eigenvalue weighted by molar-refractivity contribution is -0.149. The van der Waals surface area contributed by atoms with Crippen LogP contribution in [0.4, 0.5) is 0 Å². The molecule has 4 heteroatoms. The maximum Gasteiger partial charge on any atom is 0.248 e. The van der Waals surface area contributed by atoms with Gasteiger partial charge >= 0.3 is 0 Å². The number of nitrogens with zero attached hydrogens (tertiary/aromatic N) is 1. The van der Waals surface area contributed by atoms with Gasteiger partial charge in [0, 0.05) is 13.0 Å². The summed E-state index contributed by atoms with van der Waals surface area (Å²) in [4.78, 5) is 25.3. The summed E-state index contributed by atoms with van der Waals surface area (Å²) in [6, 6.07) is 0. The highest BCUT2D eigenvalue weighted by molar-refractivity contribution is 5.97. The first-order valence-electron chi connectivity index (χ1n) is 6.07. The van der Waals surface area contributed by atoms with Crippen LogP contribution in [0.5, 0.6) is 0 Å². The Kier molecular flexibility index (Phi) is 4.56. The minimum absolute atomic E-state index is 0.0142. The molecule has 0 saturated carbocycles. The van der Waals surface area contributed by atoms with E-state index < -0.39 is 5.54 Å². The van der Waals surface area contributed by atoms with Gasteiger partial charge in [0.1, 0.15) is 5.54 Å². The first-order chi connectivity index (χ1) is 8.03. The van der Waals surface area contributed by atoms with E-state index in [2.05, 4.69) is 11.2 Å². The Bertz CT molecular complexity index is 346. The zero-order chi connectivity index (χ0) is 12.9. The lowest BCUT2D eigenvalue weighted by atomic mass is 9.94. The number of hydrogen-bond acceptors (Lipinski definition) is 2. The molecule has 1 atom stereocenters. The SMILES string of the molecule is C#CCCCCN1CC(=O)NC(C)(CC)C1=O. The van der Waals surface area contributed by atoms with Crippen LogP contribution in [0.2, 0.25) is 0 Å². The average Bonchev–Trinajstić information content (AvgIpc) is 2.30. The van der Waals surface area contributed by atoms with E-state index in [4.69, 9.17) is 6.42 Å². The Morgan fingerprint density at radius 1 is 1.47 bits per heavy atom. The zero-order valence-electron chi connectivity index (χ0n) is 10.6. The van der Waals surface area contributed by atoms with E-state index in [0.29, 0.717) is 13.0 Å². The second-order valence-corrected chi connectivity index (χ2v) is 4.62. The molecule has 0 bridgehead atoms. The second kappa shape index (κ2) is 5.72. The summed E-state index contributed by atoms with van der Waals surface area (Å²) in [6.45, 7) is 4.47. The molecular weight excluding hydrogens is 216 g/mol. The number of nitrogens with one attached hydrogen (secondary N) is 1. The average molecular weight is 236 g/mol. The van der Waals surface area contributed by atoms with Crippen molar-refractivity contribution in [1.82, 2.24) is 10.2 Å². The zero-order valence-corrected chi connectivity index (χ0v) is 10.6. The first-order valence-corrected chi connectivity index (χ1v) is 6.07. The number of terminal acetylenes is 1. The van der Waals surface area contributed by atoms with Crippen LogP contribution in [-0.2, 0) is 9.59 Å². The molecule has 0 spiro atoms. The van der Waals surface area contributed by atoms with Gasteiger partial charge in [-0.25, -0.2) is 0 Å². The maximum atomic E-state index is 12.2. The number of rotatable bonds is 5. The minimum atomic E-state index is -0.735. The molecule has 1 heterocycles. The predicted molar refractivity (Wildman–Crippen MR) is 66.1 cm³/mol. The van der Waals surface area contributed by atoms with E-state index in [1.807, 2.05) is 6.92 Å². The predicted octanol–water partition coefficient (Wildman–Crippen LogP) is 0.917. The van der Waals surface area contributed by atoms with Crippen LogP contribution in [0.25, 0.3) is 0 Å². The topological polar surface area (TPSA) is 49.4 Å². The van der Waals surface area contributed by atoms with E-state index >= 15 is 0 Å². The van der Waals surface area contributed by atoms with Crippen LogP contribution in [0.3, 0.4) is 0 Å². The smallest absolute Gasteiger partial charge is 0.248 e. The van der Waals surface area contributed by atoms with E-state index in [-0.39, 0.29) is 18.4 Å². The van der Waals surface area contributed by atoms with Gasteiger partial charge < -0.3 is 10.2 Å². The van der Waals surface area contributed by atoms with Gasteiger partial charge in [0.05, 0.1) is 6.54 Å². The molecule has 94 valence electrons. The van der Waals surface area contributed by atoms with Gasteiger partial charge in [0.25, 0.3) is 0 Å². The van der Waals surface area contributed by atoms with E-state index in [0.717, 1.165) is 19.3 Å². The van der Waals surface area contributed by atoms with Crippen LogP contribution in [0.1, 0.15) is 39.5 Å². The van der Waals surface area contributed by atoms with Crippen LogP contribution in [0, 0.1) is 12.3 Å². The quantitative estimate of drug-likeness (QED) is 0.570. The summed E-state index contributed by atoms with van der Waals surface area (Å²) in [5.74, 6) is 2.51. The number of amides is 2. The van der Waals surface area contributed by atoms with Gasteiger partial charge in [0.2, 0.25) is 11.8 Å². The molecule has 0 aliphatic carbocycles.